The molecule has 1 unspecified atom stereocenters. The lowest BCUT2D eigenvalue weighted by atomic mass is 9.97. The number of benzene rings is 1. The van der Waals surface area contributed by atoms with Crippen LogP contribution in [0.25, 0.3) is 0 Å². The number of carbonyl (C=O) groups is 2. The zero-order valence-corrected chi connectivity index (χ0v) is 16.2. The van der Waals surface area contributed by atoms with Gasteiger partial charge in [0.2, 0.25) is 5.91 Å². The van der Waals surface area contributed by atoms with E-state index in [1.807, 2.05) is 29.2 Å². The summed E-state index contributed by atoms with van der Waals surface area (Å²) < 4.78 is 0.676. The zero-order valence-electron chi connectivity index (χ0n) is 14.6. The molecule has 0 aliphatic carbocycles. The molecule has 0 saturated carbocycles. The van der Waals surface area contributed by atoms with Gasteiger partial charge in [-0.25, -0.2) is 9.78 Å². The van der Waals surface area contributed by atoms with E-state index in [1.165, 1.54) is 28.5 Å². The van der Waals surface area contributed by atoms with Gasteiger partial charge in [-0.1, -0.05) is 36.0 Å². The number of carboxylic acids is 1. The average Bonchev–Trinajstić information content (AvgIpc) is 3.29. The van der Waals surface area contributed by atoms with Crippen LogP contribution >= 0.6 is 23.1 Å². The molecule has 1 aliphatic heterocycles. The lowest BCUT2D eigenvalue weighted by molar-refractivity contribution is -0.128. The van der Waals surface area contributed by atoms with E-state index < -0.39 is 5.97 Å². The summed E-state index contributed by atoms with van der Waals surface area (Å²) in [6.07, 6.45) is 1.18. The molecule has 7 nitrogen and oxygen atoms in total. The van der Waals surface area contributed by atoms with Crippen LogP contribution in [0.5, 0.6) is 0 Å². The van der Waals surface area contributed by atoms with E-state index >= 15 is 0 Å². The van der Waals surface area contributed by atoms with Gasteiger partial charge in [0.25, 0.3) is 0 Å². The van der Waals surface area contributed by atoms with Crippen molar-refractivity contribution in [3.8, 4) is 0 Å². The second kappa shape index (κ2) is 8.83. The topological polar surface area (TPSA) is 117 Å². The molecule has 3 rings (SSSR count). The first kappa shape index (κ1) is 19.8. The van der Waals surface area contributed by atoms with Crippen LogP contribution in [0, 0.1) is 0 Å². The molecule has 27 heavy (non-hydrogen) atoms. The van der Waals surface area contributed by atoms with Gasteiger partial charge in [0.1, 0.15) is 0 Å². The molecular weight excluding hydrogens is 386 g/mol. The molecule has 0 spiro atoms. The number of rotatable bonds is 8. The number of thiazole rings is 1. The highest BCUT2D eigenvalue weighted by molar-refractivity contribution is 8.01. The Morgan fingerprint density at radius 3 is 3.00 bits per heavy atom. The number of nitrogens with zero attached hydrogens (tertiary/aromatic N) is 2. The Kier molecular flexibility index (Phi) is 6.48. The summed E-state index contributed by atoms with van der Waals surface area (Å²) in [4.78, 5) is 29.1. The highest BCUT2D eigenvalue weighted by Crippen LogP contribution is 2.30. The summed E-state index contributed by atoms with van der Waals surface area (Å²) in [5.74, 6) is -0.332. The number of aliphatic hydroxyl groups excluding tert-OH is 1. The van der Waals surface area contributed by atoms with Crippen molar-refractivity contribution in [2.75, 3.05) is 12.3 Å². The van der Waals surface area contributed by atoms with Crippen LogP contribution in [0.4, 0.5) is 0 Å². The zero-order chi connectivity index (χ0) is 19.4. The number of amides is 1. The molecule has 2 atom stereocenters. The number of thioether (sulfide) groups is 1. The molecule has 4 N–H and O–H groups in total. The van der Waals surface area contributed by atoms with Gasteiger partial charge in [0, 0.05) is 24.1 Å². The van der Waals surface area contributed by atoms with Crippen LogP contribution in [0.15, 0.2) is 34.0 Å². The Morgan fingerprint density at radius 2 is 2.30 bits per heavy atom. The number of carbonyl (C=O) groups excluding carboxylic acids is 1. The highest BCUT2D eigenvalue weighted by Gasteiger charge is 2.35. The Hall–Kier alpha value is -1.94. The predicted octanol–water partition coefficient (Wildman–Crippen LogP) is 2.12. The van der Waals surface area contributed by atoms with Crippen molar-refractivity contribution >= 4 is 35.0 Å². The number of nitrogens with two attached hydrogens (primary N) is 1. The fraction of sp³-hybridized carbons (Fsp3) is 0.389. The molecule has 1 aliphatic rings. The fourth-order valence-electron chi connectivity index (χ4n) is 3.19. The van der Waals surface area contributed by atoms with Gasteiger partial charge in [-0.05, 0) is 17.5 Å². The first-order valence-electron chi connectivity index (χ1n) is 8.56. The fourth-order valence-corrected chi connectivity index (χ4v) is 5.00. The third kappa shape index (κ3) is 4.67. The maximum absolute atomic E-state index is 12.3. The predicted molar refractivity (Wildman–Crippen MR) is 104 cm³/mol. The van der Waals surface area contributed by atoms with E-state index in [4.69, 9.17) is 10.8 Å². The molecule has 0 bridgehead atoms. The van der Waals surface area contributed by atoms with E-state index in [0.29, 0.717) is 29.5 Å². The van der Waals surface area contributed by atoms with Crippen molar-refractivity contribution in [1.82, 2.24) is 9.88 Å². The van der Waals surface area contributed by atoms with Gasteiger partial charge in [-0.3, -0.25) is 4.79 Å². The SMILES string of the molecule is NC(c1cccc(CO)c1)[C@H]1CCC(=O)N1CCSc1nc(C(=O)O)cs1. The van der Waals surface area contributed by atoms with Gasteiger partial charge in [0.15, 0.2) is 10.0 Å². The van der Waals surface area contributed by atoms with Gasteiger partial charge >= 0.3 is 5.97 Å². The largest absolute Gasteiger partial charge is 0.476 e. The first-order chi connectivity index (χ1) is 13.0. The number of hydrogen-bond donors (Lipinski definition) is 3. The van der Waals surface area contributed by atoms with E-state index in [1.54, 1.807) is 0 Å². The summed E-state index contributed by atoms with van der Waals surface area (Å²) in [5, 5.41) is 19.8. The van der Waals surface area contributed by atoms with Crippen molar-refractivity contribution in [2.45, 2.75) is 35.9 Å². The van der Waals surface area contributed by atoms with Crippen LogP contribution in [0.2, 0.25) is 0 Å². The number of hydrogen-bond acceptors (Lipinski definition) is 7. The van der Waals surface area contributed by atoms with Crippen LogP contribution in [0.1, 0.15) is 40.5 Å². The molecule has 9 heteroatoms. The summed E-state index contributed by atoms with van der Waals surface area (Å²) in [6, 6.07) is 7.10. The highest BCUT2D eigenvalue weighted by atomic mass is 32.2. The molecule has 144 valence electrons. The first-order valence-corrected chi connectivity index (χ1v) is 10.4. The summed E-state index contributed by atoms with van der Waals surface area (Å²) in [7, 11) is 0. The van der Waals surface area contributed by atoms with Crippen molar-refractivity contribution in [2.24, 2.45) is 5.73 Å². The van der Waals surface area contributed by atoms with E-state index in [0.717, 1.165) is 11.1 Å². The smallest absolute Gasteiger partial charge is 0.355 e. The van der Waals surface area contributed by atoms with Gasteiger partial charge < -0.3 is 20.8 Å². The second-order valence-corrected chi connectivity index (χ2v) is 8.47. The van der Waals surface area contributed by atoms with E-state index in [-0.39, 0.29) is 30.3 Å². The van der Waals surface area contributed by atoms with Crippen molar-refractivity contribution in [1.29, 1.82) is 0 Å². The molecule has 2 heterocycles. The van der Waals surface area contributed by atoms with Crippen molar-refractivity contribution in [3.63, 3.8) is 0 Å². The summed E-state index contributed by atoms with van der Waals surface area (Å²) >= 11 is 2.73. The molecule has 1 amide bonds. The standard InChI is InChI=1S/C18H21N3O4S2/c19-16(12-3-1-2-11(8-12)9-22)14-4-5-15(23)21(14)6-7-26-18-20-13(10-27-18)17(24)25/h1-3,8,10,14,16,22H,4-7,9,19H2,(H,24,25)/t14-,16?/m1/s1. The van der Waals surface area contributed by atoms with Crippen LogP contribution in [0.3, 0.4) is 0 Å². The van der Waals surface area contributed by atoms with E-state index in [2.05, 4.69) is 4.98 Å². The number of aromatic carboxylic acids is 1. The molecule has 2 aromatic rings. The summed E-state index contributed by atoms with van der Waals surface area (Å²) in [5.41, 5.74) is 8.19. The quantitative estimate of drug-likeness (QED) is 0.574. The van der Waals surface area contributed by atoms with Crippen LogP contribution < -0.4 is 5.73 Å². The maximum atomic E-state index is 12.3. The molecule has 1 saturated heterocycles. The van der Waals surface area contributed by atoms with Crippen molar-refractivity contribution < 1.29 is 19.8 Å². The molecule has 0 radical (unpaired) electrons. The molecule has 1 aromatic carbocycles. The van der Waals surface area contributed by atoms with Crippen LogP contribution in [-0.4, -0.2) is 50.3 Å². The van der Waals surface area contributed by atoms with Gasteiger partial charge in [0.05, 0.1) is 18.7 Å². The van der Waals surface area contributed by atoms with E-state index in [9.17, 15) is 14.7 Å². The van der Waals surface area contributed by atoms with Gasteiger partial charge in [-0.2, -0.15) is 0 Å². The lowest BCUT2D eigenvalue weighted by Crippen LogP contribution is -2.41. The Balaban J connectivity index is 1.62. The Bertz CT molecular complexity index is 826. The lowest BCUT2D eigenvalue weighted by Gasteiger charge is -2.30. The number of aliphatic hydroxyl groups is 1. The molecule has 1 fully saturated rings. The summed E-state index contributed by atoms with van der Waals surface area (Å²) in [6.45, 7) is 0.486. The third-order valence-electron chi connectivity index (χ3n) is 4.57. The minimum absolute atomic E-state index is 0.0448. The van der Waals surface area contributed by atoms with Crippen molar-refractivity contribution in [3.05, 3.63) is 46.5 Å². The molecular formula is C18H21N3O4S2. The third-order valence-corrected chi connectivity index (χ3v) is 6.57. The Labute approximate surface area is 165 Å². The monoisotopic (exact) mass is 407 g/mol. The van der Waals surface area contributed by atoms with Gasteiger partial charge in [-0.15, -0.1) is 11.3 Å². The Morgan fingerprint density at radius 1 is 1.48 bits per heavy atom. The normalized spacial score (nSPS) is 18.1. The average molecular weight is 408 g/mol. The second-order valence-electron chi connectivity index (χ2n) is 6.27. The molecule has 1 aromatic heterocycles. The number of aromatic nitrogens is 1. The maximum Gasteiger partial charge on any atom is 0.355 e. The minimum Gasteiger partial charge on any atom is -0.476 e. The minimum atomic E-state index is -1.04. The number of likely N-dealkylation sites (tertiary alicyclic amines) is 1. The van der Waals surface area contributed by atoms with Crippen LogP contribution in [-0.2, 0) is 11.4 Å². The number of carboxylic acid groups (broad SMARTS) is 1.